The molecule has 2 heterocycles. The number of aryl methyl sites for hydroxylation is 1. The van der Waals surface area contributed by atoms with E-state index in [4.69, 9.17) is 9.98 Å². The molecule has 0 amide bonds. The average molecular weight is 623 g/mol. The topological polar surface area (TPSA) is 24.7 Å². The van der Waals surface area contributed by atoms with Gasteiger partial charge >= 0.3 is 0 Å². The molecule has 0 spiro atoms. The summed E-state index contributed by atoms with van der Waals surface area (Å²) in [5, 5.41) is 2.64. The molecule has 0 fully saturated rings. The van der Waals surface area contributed by atoms with Crippen LogP contribution in [-0.2, 0) is 0 Å². The van der Waals surface area contributed by atoms with E-state index in [9.17, 15) is 0 Å². The van der Waals surface area contributed by atoms with Crippen LogP contribution in [0.4, 0.5) is 0 Å². The van der Waals surface area contributed by atoms with Crippen LogP contribution in [-0.4, -0.2) is 11.5 Å². The van der Waals surface area contributed by atoms with Gasteiger partial charge in [0.2, 0.25) is 0 Å². The first-order valence-electron chi connectivity index (χ1n) is 16.3. The van der Waals surface area contributed by atoms with Crippen molar-refractivity contribution in [1.82, 2.24) is 0 Å². The Morgan fingerprint density at radius 2 is 1.19 bits per heavy atom. The number of amidine groups is 1. The Kier molecular flexibility index (Phi) is 7.90. The Morgan fingerprint density at radius 1 is 0.511 bits per heavy atom. The molecule has 0 N–H and O–H groups in total. The fraction of sp³-hybridized carbons (Fsp3) is 0.0909. The maximum absolute atomic E-state index is 5.31. The number of aliphatic imine (C=N–C) groups is 2. The van der Waals surface area contributed by atoms with Gasteiger partial charge in [0.25, 0.3) is 0 Å². The van der Waals surface area contributed by atoms with E-state index >= 15 is 0 Å². The molecule has 6 aromatic carbocycles. The minimum Gasteiger partial charge on any atom is -0.233 e. The highest BCUT2D eigenvalue weighted by Gasteiger charge is 2.15. The molecular formula is C44H34N2S. The lowest BCUT2D eigenvalue weighted by Crippen LogP contribution is -2.07. The van der Waals surface area contributed by atoms with Crippen molar-refractivity contribution in [1.29, 1.82) is 0 Å². The van der Waals surface area contributed by atoms with E-state index in [1.807, 2.05) is 11.3 Å². The van der Waals surface area contributed by atoms with Gasteiger partial charge in [-0.05, 0) is 95.5 Å². The summed E-state index contributed by atoms with van der Waals surface area (Å²) >= 11 is 1.86. The van der Waals surface area contributed by atoms with Gasteiger partial charge < -0.3 is 0 Å². The maximum Gasteiger partial charge on any atom is 0.160 e. The molecular weight excluding hydrogens is 589 g/mol. The molecule has 0 atom stereocenters. The van der Waals surface area contributed by atoms with Gasteiger partial charge in [0.15, 0.2) is 5.84 Å². The third-order valence-electron chi connectivity index (χ3n) is 8.98. The largest absolute Gasteiger partial charge is 0.233 e. The summed E-state index contributed by atoms with van der Waals surface area (Å²) in [6.45, 7) is 2.20. The molecule has 0 radical (unpaired) electrons. The Morgan fingerprint density at radius 3 is 2.04 bits per heavy atom. The maximum atomic E-state index is 5.31. The first kappa shape index (κ1) is 29.1. The second kappa shape index (κ2) is 12.8. The first-order chi connectivity index (χ1) is 23.2. The van der Waals surface area contributed by atoms with Crippen molar-refractivity contribution in [2.24, 2.45) is 9.98 Å². The summed E-state index contributed by atoms with van der Waals surface area (Å²) in [7, 11) is 0. The van der Waals surface area contributed by atoms with Crippen molar-refractivity contribution in [2.75, 3.05) is 0 Å². The minimum atomic E-state index is 0.742. The fourth-order valence-corrected chi connectivity index (χ4v) is 7.57. The van der Waals surface area contributed by atoms with Gasteiger partial charge in [0, 0.05) is 25.7 Å². The van der Waals surface area contributed by atoms with Gasteiger partial charge in [-0.25, -0.2) is 9.98 Å². The molecule has 3 heteroatoms. The van der Waals surface area contributed by atoms with Gasteiger partial charge in [-0.3, -0.25) is 0 Å². The van der Waals surface area contributed by atoms with E-state index in [-0.39, 0.29) is 0 Å². The van der Waals surface area contributed by atoms with Crippen LogP contribution in [0.25, 0.3) is 48.1 Å². The zero-order chi connectivity index (χ0) is 31.6. The van der Waals surface area contributed by atoms with Crippen molar-refractivity contribution < 1.29 is 0 Å². The highest BCUT2D eigenvalue weighted by Crippen LogP contribution is 2.37. The molecule has 226 valence electrons. The van der Waals surface area contributed by atoms with Crippen molar-refractivity contribution in [3.8, 4) is 22.3 Å². The molecule has 1 aromatic heterocycles. The molecule has 0 bridgehead atoms. The summed E-state index contributed by atoms with van der Waals surface area (Å²) in [5.74, 6) is 0.742. The van der Waals surface area contributed by atoms with E-state index in [2.05, 4.69) is 159 Å². The van der Waals surface area contributed by atoms with Crippen LogP contribution < -0.4 is 0 Å². The number of nitrogens with zero attached hydrogens (tertiary/aromatic N) is 2. The van der Waals surface area contributed by atoms with Gasteiger partial charge in [0.1, 0.15) is 0 Å². The minimum absolute atomic E-state index is 0.742. The third-order valence-corrected chi connectivity index (χ3v) is 10.1. The number of hydrogen-bond acceptors (Lipinski definition) is 3. The normalized spacial score (nSPS) is 17.1. The Bertz CT molecular complexity index is 2320. The highest BCUT2D eigenvalue weighted by molar-refractivity contribution is 7.25. The van der Waals surface area contributed by atoms with E-state index in [1.54, 1.807) is 0 Å². The lowest BCUT2D eigenvalue weighted by Gasteiger charge is -2.13. The van der Waals surface area contributed by atoms with Crippen LogP contribution in [0.5, 0.6) is 0 Å². The molecule has 47 heavy (non-hydrogen) atoms. The lowest BCUT2D eigenvalue weighted by molar-refractivity contribution is 0.896. The summed E-state index contributed by atoms with van der Waals surface area (Å²) in [6, 6.07) is 52.1. The van der Waals surface area contributed by atoms with Gasteiger partial charge in [-0.2, -0.15) is 0 Å². The van der Waals surface area contributed by atoms with Crippen LogP contribution in [0.1, 0.15) is 41.5 Å². The smallest absolute Gasteiger partial charge is 0.160 e. The predicted molar refractivity (Wildman–Crippen MR) is 203 cm³/mol. The Hall–Kier alpha value is -5.38. The van der Waals surface area contributed by atoms with Crippen LogP contribution in [0.3, 0.4) is 0 Å². The summed E-state index contributed by atoms with van der Waals surface area (Å²) < 4.78 is 2.65. The number of benzene rings is 6. The number of allylic oxidation sites excluding steroid dienone is 1. The molecule has 0 unspecified atom stereocenters. The number of hydrogen-bond donors (Lipinski definition) is 0. The van der Waals surface area contributed by atoms with Crippen LogP contribution >= 0.6 is 11.3 Å². The third kappa shape index (κ3) is 5.98. The second-order valence-electron chi connectivity index (χ2n) is 12.1. The Labute approximate surface area is 280 Å². The number of rotatable bonds is 5. The summed E-state index contributed by atoms with van der Waals surface area (Å²) in [4.78, 5) is 10.6. The van der Waals surface area contributed by atoms with E-state index in [0.29, 0.717) is 0 Å². The molecule has 8 rings (SSSR count). The molecule has 0 aliphatic carbocycles. The van der Waals surface area contributed by atoms with E-state index in [1.165, 1.54) is 42.4 Å². The number of thiophene rings is 1. The second-order valence-corrected chi connectivity index (χ2v) is 13.2. The first-order valence-corrected chi connectivity index (χ1v) is 17.1. The van der Waals surface area contributed by atoms with Crippen molar-refractivity contribution >= 4 is 48.8 Å². The van der Waals surface area contributed by atoms with Crippen molar-refractivity contribution in [3.63, 3.8) is 0 Å². The molecule has 1 aliphatic heterocycles. The van der Waals surface area contributed by atoms with Gasteiger partial charge in [-0.15, -0.1) is 11.3 Å². The summed E-state index contributed by atoms with van der Waals surface area (Å²) in [5.41, 5.74) is 11.4. The van der Waals surface area contributed by atoms with E-state index < -0.39 is 0 Å². The fourth-order valence-electron chi connectivity index (χ4n) is 6.48. The number of fused-ring (bicyclic) bond motifs is 3. The standard InChI is InChI=1S/C44H34N2S/c1-30-23-24-33(34-25-26-43-39(29-34)37-19-8-11-22-42(37)47-43)28-38(30)35-17-12-18-36(27-35)44-45-40(31-13-4-2-5-14-31)20-9-10-21-41(46-44)32-15-6-3-7-16-32/h2-8,11-20,22-29H,9-10,21H2,1H3/b40-20+,45-44-,46-41+. The highest BCUT2D eigenvalue weighted by atomic mass is 32.1. The van der Waals surface area contributed by atoms with Crippen molar-refractivity contribution in [3.05, 3.63) is 174 Å². The molecule has 0 saturated heterocycles. The van der Waals surface area contributed by atoms with Crippen LogP contribution in [0, 0.1) is 6.92 Å². The quantitative estimate of drug-likeness (QED) is 0.182. The van der Waals surface area contributed by atoms with E-state index in [0.717, 1.165) is 58.8 Å². The zero-order valence-corrected chi connectivity index (χ0v) is 27.2. The zero-order valence-electron chi connectivity index (χ0n) is 26.4. The average Bonchev–Trinajstić information content (AvgIpc) is 3.55. The molecule has 7 aromatic rings. The monoisotopic (exact) mass is 622 g/mol. The van der Waals surface area contributed by atoms with Gasteiger partial charge in [-0.1, -0.05) is 121 Å². The molecule has 0 saturated carbocycles. The SMILES string of the molecule is Cc1ccc(-c2ccc3sc4ccccc4c3c2)cc1-c1cccc(C2=N/C(c3ccccc3)=C/CCC/C(c3ccccc3)=N\2)c1. The van der Waals surface area contributed by atoms with Gasteiger partial charge in [0.05, 0.1) is 11.4 Å². The Balaban J connectivity index is 1.23. The predicted octanol–water partition coefficient (Wildman–Crippen LogP) is 12.2. The van der Waals surface area contributed by atoms with Crippen LogP contribution in [0.15, 0.2) is 162 Å². The van der Waals surface area contributed by atoms with Crippen molar-refractivity contribution in [2.45, 2.75) is 26.2 Å². The van der Waals surface area contributed by atoms with Crippen LogP contribution in [0.2, 0.25) is 0 Å². The lowest BCUT2D eigenvalue weighted by atomic mass is 9.93. The molecule has 2 nitrogen and oxygen atoms in total. The molecule has 1 aliphatic rings. The summed E-state index contributed by atoms with van der Waals surface area (Å²) in [6.07, 6.45) is 5.13.